The van der Waals surface area contributed by atoms with Crippen LogP contribution in [-0.2, 0) is 4.79 Å². The van der Waals surface area contributed by atoms with Crippen LogP contribution in [0.3, 0.4) is 0 Å². The van der Waals surface area contributed by atoms with E-state index >= 15 is 0 Å². The number of hydrogen-bond donors (Lipinski definition) is 1. The van der Waals surface area contributed by atoms with E-state index in [-0.39, 0.29) is 18.4 Å². The molecule has 0 aliphatic rings. The fourth-order valence-electron chi connectivity index (χ4n) is 1.84. The molecule has 1 aromatic carbocycles. The van der Waals surface area contributed by atoms with Crippen LogP contribution in [0.5, 0.6) is 5.75 Å². The number of amides is 2. The largest absolute Gasteiger partial charge is 0.492 e. The Balaban J connectivity index is 1.69. The maximum atomic E-state index is 12.1. The molecular weight excluding hydrogens is 380 g/mol. The Hall–Kier alpha value is -1.86. The third kappa shape index (κ3) is 5.69. The van der Waals surface area contributed by atoms with Gasteiger partial charge in [-0.1, -0.05) is 18.2 Å². The van der Waals surface area contributed by atoms with Gasteiger partial charge in [0, 0.05) is 7.05 Å². The van der Waals surface area contributed by atoms with E-state index in [4.69, 9.17) is 4.74 Å². The average molecular weight is 397 g/mol. The van der Waals surface area contributed by atoms with Gasteiger partial charge in [-0.3, -0.25) is 9.59 Å². The Kier molecular flexibility index (Phi) is 6.61. The summed E-state index contributed by atoms with van der Waals surface area (Å²) < 4.78 is 6.37. The third-order valence-corrected chi connectivity index (χ3v) is 4.56. The van der Waals surface area contributed by atoms with Gasteiger partial charge in [-0.25, -0.2) is 0 Å². The molecule has 0 atom stereocenters. The van der Waals surface area contributed by atoms with Crippen LogP contribution in [0.1, 0.15) is 9.67 Å². The van der Waals surface area contributed by atoms with E-state index in [9.17, 15) is 9.59 Å². The number of nitrogens with zero attached hydrogens (tertiary/aromatic N) is 1. The minimum Gasteiger partial charge on any atom is -0.492 e. The Labute approximate surface area is 147 Å². The Morgan fingerprint density at radius 2 is 1.96 bits per heavy atom. The first-order valence-electron chi connectivity index (χ1n) is 7.01. The number of rotatable bonds is 7. The molecule has 2 rings (SSSR count). The SMILES string of the molecule is CN(CC(=O)NCCOc1ccccc1)C(=O)c1ccc(Br)s1. The fourth-order valence-corrected chi connectivity index (χ4v) is 3.22. The number of hydrogen-bond acceptors (Lipinski definition) is 4. The molecule has 2 aromatic rings. The van der Waals surface area contributed by atoms with Crippen LogP contribution < -0.4 is 10.1 Å². The number of likely N-dealkylation sites (N-methyl/N-ethyl adjacent to an activating group) is 1. The van der Waals surface area contributed by atoms with Crippen molar-refractivity contribution < 1.29 is 14.3 Å². The molecule has 2 amide bonds. The number of thiophene rings is 1. The quantitative estimate of drug-likeness (QED) is 0.731. The Bertz CT molecular complexity index is 660. The topological polar surface area (TPSA) is 58.6 Å². The van der Waals surface area contributed by atoms with Crippen molar-refractivity contribution in [1.29, 1.82) is 0 Å². The molecule has 0 spiro atoms. The summed E-state index contributed by atoms with van der Waals surface area (Å²) in [6.45, 7) is 0.783. The summed E-state index contributed by atoms with van der Waals surface area (Å²) in [4.78, 5) is 25.9. The smallest absolute Gasteiger partial charge is 0.264 e. The molecule has 122 valence electrons. The lowest BCUT2D eigenvalue weighted by molar-refractivity contribution is -0.121. The van der Waals surface area contributed by atoms with Gasteiger partial charge in [0.2, 0.25) is 5.91 Å². The first kappa shape index (κ1) is 17.5. The molecule has 23 heavy (non-hydrogen) atoms. The van der Waals surface area contributed by atoms with Gasteiger partial charge in [-0.2, -0.15) is 0 Å². The Morgan fingerprint density at radius 3 is 2.61 bits per heavy atom. The summed E-state index contributed by atoms with van der Waals surface area (Å²) in [5.41, 5.74) is 0. The lowest BCUT2D eigenvalue weighted by Crippen LogP contribution is -2.39. The van der Waals surface area contributed by atoms with E-state index in [1.165, 1.54) is 16.2 Å². The van der Waals surface area contributed by atoms with Gasteiger partial charge in [-0.05, 0) is 40.2 Å². The van der Waals surface area contributed by atoms with Crippen LogP contribution in [0.2, 0.25) is 0 Å². The summed E-state index contributed by atoms with van der Waals surface area (Å²) in [6, 6.07) is 12.9. The molecule has 1 N–H and O–H groups in total. The Morgan fingerprint density at radius 1 is 1.22 bits per heavy atom. The van der Waals surface area contributed by atoms with E-state index in [1.54, 1.807) is 13.1 Å². The fraction of sp³-hybridized carbons (Fsp3) is 0.250. The highest BCUT2D eigenvalue weighted by Crippen LogP contribution is 2.22. The minimum atomic E-state index is -0.215. The summed E-state index contributed by atoms with van der Waals surface area (Å²) in [5, 5.41) is 2.73. The highest BCUT2D eigenvalue weighted by Gasteiger charge is 2.16. The van der Waals surface area contributed by atoms with E-state index in [0.717, 1.165) is 9.54 Å². The zero-order chi connectivity index (χ0) is 16.7. The van der Waals surface area contributed by atoms with Gasteiger partial charge >= 0.3 is 0 Å². The molecule has 0 aliphatic carbocycles. The molecule has 1 heterocycles. The monoisotopic (exact) mass is 396 g/mol. The molecule has 0 radical (unpaired) electrons. The van der Waals surface area contributed by atoms with Crippen LogP contribution in [0.4, 0.5) is 0 Å². The summed E-state index contributed by atoms with van der Waals surface area (Å²) in [5.74, 6) is 0.377. The van der Waals surface area contributed by atoms with Gasteiger partial charge in [0.05, 0.1) is 21.8 Å². The van der Waals surface area contributed by atoms with Gasteiger partial charge < -0.3 is 15.0 Å². The van der Waals surface area contributed by atoms with Crippen molar-refractivity contribution in [3.63, 3.8) is 0 Å². The normalized spacial score (nSPS) is 10.2. The van der Waals surface area contributed by atoms with Crippen LogP contribution in [0, 0.1) is 0 Å². The molecule has 0 saturated carbocycles. The van der Waals surface area contributed by atoms with E-state index in [2.05, 4.69) is 21.2 Å². The number of carbonyl (C=O) groups excluding carboxylic acids is 2. The molecular formula is C16H17BrN2O3S. The molecule has 0 saturated heterocycles. The van der Waals surface area contributed by atoms with Crippen LogP contribution in [0.15, 0.2) is 46.3 Å². The molecule has 7 heteroatoms. The number of para-hydroxylation sites is 1. The predicted molar refractivity (Wildman–Crippen MR) is 93.9 cm³/mol. The zero-order valence-electron chi connectivity index (χ0n) is 12.6. The van der Waals surface area contributed by atoms with Crippen LogP contribution in [0.25, 0.3) is 0 Å². The van der Waals surface area contributed by atoms with E-state index in [0.29, 0.717) is 18.0 Å². The van der Waals surface area contributed by atoms with Crippen molar-refractivity contribution in [1.82, 2.24) is 10.2 Å². The maximum absolute atomic E-state index is 12.1. The lowest BCUT2D eigenvalue weighted by Gasteiger charge is -2.16. The molecule has 0 bridgehead atoms. The molecule has 0 aliphatic heterocycles. The second-order valence-corrected chi connectivity index (χ2v) is 7.24. The number of halogens is 1. The zero-order valence-corrected chi connectivity index (χ0v) is 15.0. The van der Waals surface area contributed by atoms with Gasteiger partial charge in [0.1, 0.15) is 12.4 Å². The second-order valence-electron chi connectivity index (χ2n) is 4.78. The average Bonchev–Trinajstić information content (AvgIpc) is 2.98. The second kappa shape index (κ2) is 8.69. The molecule has 0 fully saturated rings. The molecule has 1 aromatic heterocycles. The van der Waals surface area contributed by atoms with Crippen molar-refractivity contribution in [2.75, 3.05) is 26.7 Å². The number of benzene rings is 1. The van der Waals surface area contributed by atoms with Gasteiger partial charge in [0.15, 0.2) is 0 Å². The van der Waals surface area contributed by atoms with Gasteiger partial charge in [-0.15, -0.1) is 11.3 Å². The van der Waals surface area contributed by atoms with Crippen LogP contribution >= 0.6 is 27.3 Å². The standard InChI is InChI=1S/C16H17BrN2O3S/c1-19(16(21)13-7-8-14(17)23-13)11-15(20)18-9-10-22-12-5-3-2-4-6-12/h2-8H,9-11H2,1H3,(H,18,20). The van der Waals surface area contributed by atoms with E-state index in [1.807, 2.05) is 36.4 Å². The third-order valence-electron chi connectivity index (χ3n) is 2.95. The number of carbonyl (C=O) groups is 2. The summed E-state index contributed by atoms with van der Waals surface area (Å²) in [7, 11) is 1.61. The summed E-state index contributed by atoms with van der Waals surface area (Å²) >= 11 is 4.66. The van der Waals surface area contributed by atoms with Gasteiger partial charge in [0.25, 0.3) is 5.91 Å². The molecule has 0 unspecified atom stereocenters. The van der Waals surface area contributed by atoms with Crippen molar-refractivity contribution in [3.05, 3.63) is 51.1 Å². The van der Waals surface area contributed by atoms with Crippen molar-refractivity contribution in [2.45, 2.75) is 0 Å². The minimum absolute atomic E-state index is 0.0136. The first-order valence-corrected chi connectivity index (χ1v) is 8.62. The van der Waals surface area contributed by atoms with Crippen molar-refractivity contribution in [2.24, 2.45) is 0 Å². The number of nitrogens with one attached hydrogen (secondary N) is 1. The molecule has 5 nitrogen and oxygen atoms in total. The predicted octanol–water partition coefficient (Wildman–Crippen LogP) is 2.78. The highest BCUT2D eigenvalue weighted by molar-refractivity contribution is 9.11. The first-order chi connectivity index (χ1) is 11.1. The van der Waals surface area contributed by atoms with Crippen molar-refractivity contribution in [3.8, 4) is 5.75 Å². The highest BCUT2D eigenvalue weighted by atomic mass is 79.9. The maximum Gasteiger partial charge on any atom is 0.264 e. The lowest BCUT2D eigenvalue weighted by atomic mass is 10.3. The van der Waals surface area contributed by atoms with E-state index < -0.39 is 0 Å². The number of ether oxygens (including phenoxy) is 1. The van der Waals surface area contributed by atoms with Crippen molar-refractivity contribution >= 4 is 39.1 Å². The van der Waals surface area contributed by atoms with Crippen LogP contribution in [-0.4, -0.2) is 43.5 Å². The summed E-state index contributed by atoms with van der Waals surface area (Å²) in [6.07, 6.45) is 0.